The van der Waals surface area contributed by atoms with Crippen LogP contribution in [0.1, 0.15) is 38.5 Å². The van der Waals surface area contributed by atoms with Crippen LogP contribution in [0.15, 0.2) is 0 Å². The lowest BCUT2D eigenvalue weighted by Crippen LogP contribution is -2.50. The van der Waals surface area contributed by atoms with E-state index >= 15 is 0 Å². The smallest absolute Gasteiger partial charge is 0.0713 e. The van der Waals surface area contributed by atoms with Crippen LogP contribution < -0.4 is 5.32 Å². The Balaban J connectivity index is 1.47. The van der Waals surface area contributed by atoms with E-state index in [9.17, 15) is 5.11 Å². The molecule has 1 aliphatic carbocycles. The molecule has 0 aromatic carbocycles. The van der Waals surface area contributed by atoms with Gasteiger partial charge in [0, 0.05) is 19.2 Å². The molecule has 2 atom stereocenters. The summed E-state index contributed by atoms with van der Waals surface area (Å²) in [6.45, 7) is 1.67. The molecule has 0 amide bonds. The third kappa shape index (κ3) is 3.21. The molecule has 2 unspecified atom stereocenters. The fourth-order valence-electron chi connectivity index (χ4n) is 3.23. The number of aliphatic hydroxyl groups is 1. The highest BCUT2D eigenvalue weighted by Gasteiger charge is 2.39. The Labute approximate surface area is 114 Å². The van der Waals surface area contributed by atoms with E-state index in [-0.39, 0.29) is 11.7 Å². The van der Waals surface area contributed by atoms with Crippen molar-refractivity contribution in [3.63, 3.8) is 0 Å². The SMILES string of the molecule is OC(CNC1CCOC2(CCSCC2)C1)C1CC1. The zero-order chi connectivity index (χ0) is 12.4. The van der Waals surface area contributed by atoms with Crippen LogP contribution in [-0.2, 0) is 4.74 Å². The van der Waals surface area contributed by atoms with Gasteiger partial charge in [0.2, 0.25) is 0 Å². The fraction of sp³-hybridized carbons (Fsp3) is 1.00. The van der Waals surface area contributed by atoms with Crippen LogP contribution in [0.5, 0.6) is 0 Å². The van der Waals surface area contributed by atoms with Crippen LogP contribution in [-0.4, -0.2) is 47.5 Å². The summed E-state index contributed by atoms with van der Waals surface area (Å²) in [5.41, 5.74) is 0.158. The van der Waals surface area contributed by atoms with Gasteiger partial charge in [-0.25, -0.2) is 0 Å². The topological polar surface area (TPSA) is 41.5 Å². The molecule has 0 aromatic rings. The molecule has 3 nitrogen and oxygen atoms in total. The van der Waals surface area contributed by atoms with E-state index < -0.39 is 0 Å². The Kier molecular flexibility index (Phi) is 4.18. The quantitative estimate of drug-likeness (QED) is 0.818. The molecule has 0 bridgehead atoms. The number of hydrogen-bond acceptors (Lipinski definition) is 4. The Bertz CT molecular complexity index is 271. The standard InChI is InChI=1S/C14H25NO2S/c16-13(11-1-2-11)10-15-12-3-6-17-14(9-12)4-7-18-8-5-14/h11-13,15-16H,1-10H2. The van der Waals surface area contributed by atoms with Gasteiger partial charge in [0.1, 0.15) is 0 Å². The lowest BCUT2D eigenvalue weighted by molar-refractivity contribution is -0.0939. The highest BCUT2D eigenvalue weighted by atomic mass is 32.2. The molecular weight excluding hydrogens is 246 g/mol. The van der Waals surface area contributed by atoms with Crippen molar-refractivity contribution in [3.05, 3.63) is 0 Å². The average Bonchev–Trinajstić information content (AvgIpc) is 3.21. The van der Waals surface area contributed by atoms with Crippen molar-refractivity contribution < 1.29 is 9.84 Å². The van der Waals surface area contributed by atoms with Crippen LogP contribution in [0, 0.1) is 5.92 Å². The van der Waals surface area contributed by atoms with E-state index in [2.05, 4.69) is 17.1 Å². The summed E-state index contributed by atoms with van der Waals surface area (Å²) in [7, 11) is 0. The zero-order valence-corrected chi connectivity index (χ0v) is 11.9. The van der Waals surface area contributed by atoms with Crippen LogP contribution in [0.25, 0.3) is 0 Å². The second-order valence-electron chi connectivity index (χ2n) is 6.15. The van der Waals surface area contributed by atoms with E-state index in [1.54, 1.807) is 0 Å². The van der Waals surface area contributed by atoms with Crippen molar-refractivity contribution in [1.82, 2.24) is 5.32 Å². The van der Waals surface area contributed by atoms with Crippen molar-refractivity contribution >= 4 is 11.8 Å². The van der Waals surface area contributed by atoms with Gasteiger partial charge in [0.25, 0.3) is 0 Å². The molecule has 1 saturated carbocycles. The molecule has 104 valence electrons. The van der Waals surface area contributed by atoms with Gasteiger partial charge >= 0.3 is 0 Å². The third-order valence-electron chi connectivity index (χ3n) is 4.68. The van der Waals surface area contributed by atoms with E-state index in [1.165, 1.54) is 37.2 Å². The number of aliphatic hydroxyl groups excluding tert-OH is 1. The molecule has 18 heavy (non-hydrogen) atoms. The molecule has 3 aliphatic rings. The maximum atomic E-state index is 9.92. The largest absolute Gasteiger partial charge is 0.392 e. The Morgan fingerprint density at radius 3 is 2.78 bits per heavy atom. The van der Waals surface area contributed by atoms with Crippen LogP contribution in [0.2, 0.25) is 0 Å². The normalized spacial score (nSPS) is 33.5. The number of nitrogens with one attached hydrogen (secondary N) is 1. The Morgan fingerprint density at radius 2 is 2.06 bits per heavy atom. The van der Waals surface area contributed by atoms with E-state index in [1.807, 2.05) is 0 Å². The summed E-state index contributed by atoms with van der Waals surface area (Å²) in [4.78, 5) is 0. The highest BCUT2D eigenvalue weighted by Crippen LogP contribution is 2.37. The lowest BCUT2D eigenvalue weighted by Gasteiger charge is -2.43. The van der Waals surface area contributed by atoms with Crippen molar-refractivity contribution in [2.24, 2.45) is 5.92 Å². The lowest BCUT2D eigenvalue weighted by atomic mass is 9.85. The van der Waals surface area contributed by atoms with Crippen LogP contribution in [0.4, 0.5) is 0 Å². The zero-order valence-electron chi connectivity index (χ0n) is 11.1. The van der Waals surface area contributed by atoms with Crippen molar-refractivity contribution in [2.75, 3.05) is 24.7 Å². The number of ether oxygens (including phenoxy) is 1. The number of hydrogen-bond donors (Lipinski definition) is 2. The molecule has 3 fully saturated rings. The first-order chi connectivity index (χ1) is 8.77. The monoisotopic (exact) mass is 271 g/mol. The molecule has 3 rings (SSSR count). The maximum absolute atomic E-state index is 9.92. The van der Waals surface area contributed by atoms with Gasteiger partial charge in [-0.1, -0.05) is 0 Å². The summed E-state index contributed by atoms with van der Waals surface area (Å²) >= 11 is 2.05. The van der Waals surface area contributed by atoms with Gasteiger partial charge in [-0.15, -0.1) is 0 Å². The van der Waals surface area contributed by atoms with Gasteiger partial charge in [-0.2, -0.15) is 11.8 Å². The molecule has 0 aromatic heterocycles. The van der Waals surface area contributed by atoms with E-state index in [0.717, 1.165) is 26.0 Å². The summed E-state index contributed by atoms with van der Waals surface area (Å²) in [5, 5.41) is 13.5. The molecule has 0 radical (unpaired) electrons. The summed E-state index contributed by atoms with van der Waals surface area (Å²) in [5.74, 6) is 3.08. The minimum absolute atomic E-state index is 0.120. The second kappa shape index (κ2) is 5.70. The summed E-state index contributed by atoms with van der Waals surface area (Å²) in [6, 6.07) is 0.551. The van der Waals surface area contributed by atoms with E-state index in [4.69, 9.17) is 4.74 Å². The van der Waals surface area contributed by atoms with Crippen molar-refractivity contribution in [1.29, 1.82) is 0 Å². The van der Waals surface area contributed by atoms with Gasteiger partial charge < -0.3 is 15.2 Å². The number of thioether (sulfide) groups is 1. The molecule has 4 heteroatoms. The fourth-order valence-corrected chi connectivity index (χ4v) is 4.47. The summed E-state index contributed by atoms with van der Waals surface area (Å²) in [6.07, 6.45) is 6.99. The molecule has 1 spiro atoms. The maximum Gasteiger partial charge on any atom is 0.0713 e. The Hall–Kier alpha value is 0.230. The first-order valence-corrected chi connectivity index (χ1v) is 8.56. The van der Waals surface area contributed by atoms with Gasteiger partial charge in [-0.3, -0.25) is 0 Å². The first-order valence-electron chi connectivity index (χ1n) is 7.41. The third-order valence-corrected chi connectivity index (χ3v) is 5.66. The minimum Gasteiger partial charge on any atom is -0.392 e. The first kappa shape index (κ1) is 13.2. The van der Waals surface area contributed by atoms with Crippen LogP contribution in [0.3, 0.4) is 0 Å². The van der Waals surface area contributed by atoms with Gasteiger partial charge in [0.15, 0.2) is 0 Å². The highest BCUT2D eigenvalue weighted by molar-refractivity contribution is 7.99. The van der Waals surface area contributed by atoms with E-state index in [0.29, 0.717) is 12.0 Å². The molecule has 2 aliphatic heterocycles. The number of rotatable bonds is 4. The van der Waals surface area contributed by atoms with Crippen LogP contribution >= 0.6 is 11.8 Å². The predicted molar refractivity (Wildman–Crippen MR) is 75.0 cm³/mol. The molecule has 2 saturated heterocycles. The predicted octanol–water partition coefficient (Wildman–Crippen LogP) is 1.79. The molecule has 2 N–H and O–H groups in total. The van der Waals surface area contributed by atoms with Gasteiger partial charge in [0.05, 0.1) is 11.7 Å². The Morgan fingerprint density at radius 1 is 1.28 bits per heavy atom. The average molecular weight is 271 g/mol. The summed E-state index contributed by atoms with van der Waals surface area (Å²) < 4.78 is 6.09. The minimum atomic E-state index is -0.120. The van der Waals surface area contributed by atoms with Crippen molar-refractivity contribution in [3.8, 4) is 0 Å². The van der Waals surface area contributed by atoms with Gasteiger partial charge in [-0.05, 0) is 55.9 Å². The molecule has 2 heterocycles. The second-order valence-corrected chi connectivity index (χ2v) is 7.37. The molecular formula is C14H25NO2S. The van der Waals surface area contributed by atoms with Crippen molar-refractivity contribution in [2.45, 2.75) is 56.3 Å².